The van der Waals surface area contributed by atoms with Crippen LogP contribution in [0, 0.1) is 0 Å². The highest BCUT2D eigenvalue weighted by Crippen LogP contribution is 2.30. The average Bonchev–Trinajstić information content (AvgIpc) is 2.66. The van der Waals surface area contributed by atoms with E-state index in [1.165, 1.54) is 95.2 Å². The highest BCUT2D eigenvalue weighted by atomic mass is 28.4. The van der Waals surface area contributed by atoms with Gasteiger partial charge in [0, 0.05) is 6.61 Å². The van der Waals surface area contributed by atoms with E-state index < -0.39 is 8.32 Å². The number of unbranched alkanes of at least 4 members (excludes halogenated alkanes) is 8. The van der Waals surface area contributed by atoms with Gasteiger partial charge in [0.2, 0.25) is 0 Å². The maximum absolute atomic E-state index is 6.73. The molecule has 0 saturated heterocycles. The zero-order valence-electron chi connectivity index (χ0n) is 18.5. The Labute approximate surface area is 166 Å². The normalized spacial score (nSPS) is 12.6. The third-order valence-corrected chi connectivity index (χ3v) is 9.93. The van der Waals surface area contributed by atoms with E-state index in [1.54, 1.807) is 0 Å². The van der Waals surface area contributed by atoms with E-state index in [1.807, 2.05) is 0 Å². The zero-order chi connectivity index (χ0) is 19.3. The van der Waals surface area contributed by atoms with Crippen LogP contribution in [0.4, 0.5) is 0 Å². The second kappa shape index (κ2) is 19.4. The Hall–Kier alpha value is -0.343. The Bertz CT molecular complexity index is 313. The minimum atomic E-state index is -1.47. The van der Waals surface area contributed by atoms with Gasteiger partial charge in [0.15, 0.2) is 8.32 Å². The minimum absolute atomic E-state index is 1.03. The number of hydrogen-bond acceptors (Lipinski definition) is 1. The van der Waals surface area contributed by atoms with Crippen molar-refractivity contribution in [1.82, 2.24) is 0 Å². The molecule has 0 N–H and O–H groups in total. The summed E-state index contributed by atoms with van der Waals surface area (Å²) < 4.78 is 6.73. The molecule has 0 aliphatic carbocycles. The monoisotopic (exact) mass is 380 g/mol. The van der Waals surface area contributed by atoms with Gasteiger partial charge in [-0.05, 0) is 44.3 Å². The van der Waals surface area contributed by atoms with E-state index in [2.05, 4.69) is 52.0 Å². The van der Waals surface area contributed by atoms with Crippen molar-refractivity contribution in [2.75, 3.05) is 6.61 Å². The Kier molecular flexibility index (Phi) is 19.2. The molecule has 2 heteroatoms. The van der Waals surface area contributed by atoms with Gasteiger partial charge in [-0.2, -0.15) is 0 Å². The Morgan fingerprint density at radius 1 is 0.654 bits per heavy atom. The second-order valence-electron chi connectivity index (χ2n) is 7.85. The molecule has 0 amide bonds. The molecule has 0 saturated carbocycles. The van der Waals surface area contributed by atoms with Crippen molar-refractivity contribution in [3.63, 3.8) is 0 Å². The van der Waals surface area contributed by atoms with Crippen LogP contribution in [-0.4, -0.2) is 14.9 Å². The van der Waals surface area contributed by atoms with Crippen molar-refractivity contribution in [2.45, 2.75) is 123 Å². The minimum Gasteiger partial charge on any atom is -0.417 e. The van der Waals surface area contributed by atoms with Crippen molar-refractivity contribution in [3.8, 4) is 0 Å². The summed E-state index contributed by atoms with van der Waals surface area (Å²) in [5, 5.41) is 0. The van der Waals surface area contributed by atoms with Gasteiger partial charge >= 0.3 is 0 Å². The van der Waals surface area contributed by atoms with Crippen molar-refractivity contribution in [1.29, 1.82) is 0 Å². The van der Waals surface area contributed by atoms with E-state index in [0.717, 1.165) is 6.61 Å². The van der Waals surface area contributed by atoms with Crippen LogP contribution in [0.15, 0.2) is 24.3 Å². The Balaban J connectivity index is 4.05. The largest absolute Gasteiger partial charge is 0.417 e. The van der Waals surface area contributed by atoms with Crippen molar-refractivity contribution >= 4 is 8.32 Å². The van der Waals surface area contributed by atoms with Crippen LogP contribution in [0.1, 0.15) is 105 Å². The lowest BCUT2D eigenvalue weighted by molar-refractivity contribution is 0.282. The average molecular weight is 381 g/mol. The van der Waals surface area contributed by atoms with Gasteiger partial charge in [-0.15, -0.1) is 0 Å². The topological polar surface area (TPSA) is 9.23 Å². The predicted molar refractivity (Wildman–Crippen MR) is 123 cm³/mol. The van der Waals surface area contributed by atoms with Crippen LogP contribution in [0.25, 0.3) is 0 Å². The van der Waals surface area contributed by atoms with Crippen molar-refractivity contribution in [2.24, 2.45) is 0 Å². The Morgan fingerprint density at radius 2 is 1.19 bits per heavy atom. The first kappa shape index (κ1) is 25.7. The fraction of sp³-hybridized carbons (Fsp3) is 0.833. The molecule has 0 spiro atoms. The quantitative estimate of drug-likeness (QED) is 0.123. The first-order chi connectivity index (χ1) is 12.7. The second-order valence-corrected chi connectivity index (χ2v) is 12.0. The van der Waals surface area contributed by atoms with Crippen LogP contribution in [0.2, 0.25) is 18.1 Å². The van der Waals surface area contributed by atoms with E-state index in [9.17, 15) is 0 Å². The molecule has 0 aromatic rings. The summed E-state index contributed by atoms with van der Waals surface area (Å²) in [7, 11) is -1.47. The fourth-order valence-electron chi connectivity index (χ4n) is 3.56. The van der Waals surface area contributed by atoms with E-state index in [0.29, 0.717) is 0 Å². The molecule has 0 aliphatic heterocycles. The highest BCUT2D eigenvalue weighted by molar-refractivity contribution is 6.73. The van der Waals surface area contributed by atoms with Gasteiger partial charge in [0.1, 0.15) is 0 Å². The van der Waals surface area contributed by atoms with Crippen LogP contribution in [-0.2, 0) is 4.43 Å². The van der Waals surface area contributed by atoms with E-state index in [-0.39, 0.29) is 0 Å². The molecule has 0 heterocycles. The van der Waals surface area contributed by atoms with Gasteiger partial charge < -0.3 is 4.43 Å². The van der Waals surface area contributed by atoms with Gasteiger partial charge in [-0.3, -0.25) is 0 Å². The summed E-state index contributed by atoms with van der Waals surface area (Å²) in [6.45, 7) is 10.1. The van der Waals surface area contributed by atoms with Crippen LogP contribution in [0.3, 0.4) is 0 Å². The molecular formula is C24H48OSi. The number of allylic oxidation sites excluding steroid dienone is 4. The van der Waals surface area contributed by atoms with Gasteiger partial charge in [0.25, 0.3) is 0 Å². The summed E-state index contributed by atoms with van der Waals surface area (Å²) in [4.78, 5) is 0. The maximum Gasteiger partial charge on any atom is 0.192 e. The summed E-state index contributed by atoms with van der Waals surface area (Å²) in [5.41, 5.74) is 0. The lowest BCUT2D eigenvalue weighted by atomic mass is 10.1. The summed E-state index contributed by atoms with van der Waals surface area (Å²) in [5.74, 6) is 0. The molecule has 0 radical (unpaired) electrons. The SMILES string of the molecule is CC=CC=CCCCCCCCO[Si](CCCC)(CCCC)CCCC. The molecule has 0 atom stereocenters. The first-order valence-corrected chi connectivity index (χ1v) is 14.2. The molecular weight excluding hydrogens is 332 g/mol. The highest BCUT2D eigenvalue weighted by Gasteiger charge is 2.32. The molecule has 26 heavy (non-hydrogen) atoms. The Morgan fingerprint density at radius 3 is 1.73 bits per heavy atom. The summed E-state index contributed by atoms with van der Waals surface area (Å²) >= 11 is 0. The summed E-state index contributed by atoms with van der Waals surface area (Å²) in [6.07, 6.45) is 24.6. The molecule has 0 unspecified atom stereocenters. The van der Waals surface area contributed by atoms with Crippen LogP contribution in [0.5, 0.6) is 0 Å². The van der Waals surface area contributed by atoms with E-state index >= 15 is 0 Å². The molecule has 0 bridgehead atoms. The fourth-order valence-corrected chi connectivity index (χ4v) is 8.31. The summed E-state index contributed by atoms with van der Waals surface area (Å²) in [6, 6.07) is 4.21. The van der Waals surface area contributed by atoms with Gasteiger partial charge in [0.05, 0.1) is 0 Å². The smallest absolute Gasteiger partial charge is 0.192 e. The zero-order valence-corrected chi connectivity index (χ0v) is 19.5. The standard InChI is InChI=1S/C24H48OSi/c1-5-9-13-14-15-16-17-18-19-20-21-25-26(22-10-6-2,23-11-7-3)24-12-8-4/h5,9,13-14H,6-8,10-12,15-24H2,1-4H3. The van der Waals surface area contributed by atoms with Crippen molar-refractivity contribution in [3.05, 3.63) is 24.3 Å². The maximum atomic E-state index is 6.73. The lowest BCUT2D eigenvalue weighted by Crippen LogP contribution is -2.38. The van der Waals surface area contributed by atoms with Crippen LogP contribution >= 0.6 is 0 Å². The van der Waals surface area contributed by atoms with E-state index in [4.69, 9.17) is 4.43 Å². The third-order valence-electron chi connectivity index (χ3n) is 5.32. The van der Waals surface area contributed by atoms with Crippen LogP contribution < -0.4 is 0 Å². The third kappa shape index (κ3) is 14.8. The molecule has 154 valence electrons. The molecule has 0 aromatic heterocycles. The number of hydrogen-bond donors (Lipinski definition) is 0. The van der Waals surface area contributed by atoms with Gasteiger partial charge in [-0.1, -0.05) is 103 Å². The molecule has 0 rings (SSSR count). The van der Waals surface area contributed by atoms with Crippen molar-refractivity contribution < 1.29 is 4.43 Å². The molecule has 1 nitrogen and oxygen atoms in total. The molecule has 0 fully saturated rings. The lowest BCUT2D eigenvalue weighted by Gasteiger charge is -2.32. The predicted octanol–water partition coefficient (Wildman–Crippen LogP) is 8.82. The first-order valence-electron chi connectivity index (χ1n) is 11.7. The molecule has 0 aromatic carbocycles. The van der Waals surface area contributed by atoms with Gasteiger partial charge in [-0.25, -0.2) is 0 Å². The molecule has 0 aliphatic rings. The number of rotatable bonds is 19.